The highest BCUT2D eigenvalue weighted by Crippen LogP contribution is 2.32. The Balaban J connectivity index is 1.98. The van der Waals surface area contributed by atoms with Gasteiger partial charge in [-0.1, -0.05) is 75.4 Å². The monoisotopic (exact) mass is 410 g/mol. The van der Waals surface area contributed by atoms with Crippen molar-refractivity contribution in [3.63, 3.8) is 0 Å². The first-order chi connectivity index (χ1) is 14.2. The molecule has 0 heterocycles. The number of hydrogen-bond donors (Lipinski definition) is 0. The van der Waals surface area contributed by atoms with E-state index in [4.69, 9.17) is 9.16 Å². The largest absolute Gasteiger partial charge is 0.497 e. The standard InChI is InChI=1S/C26H38O2Si/c1-5-29(6-2,7-3)28-26(24-19-21-25(27-4)22-20-24)18-14-9-8-11-15-23-16-12-10-13-17-23/h9-10,12-14,16-17,19-22,26H,5-8,11,15,18H2,1-4H3/b14-9+. The lowest BCUT2D eigenvalue weighted by Crippen LogP contribution is -2.37. The van der Waals surface area contributed by atoms with Crippen LogP contribution in [0.25, 0.3) is 0 Å². The van der Waals surface area contributed by atoms with Gasteiger partial charge in [0, 0.05) is 0 Å². The van der Waals surface area contributed by atoms with Crippen molar-refractivity contribution < 1.29 is 9.16 Å². The quantitative estimate of drug-likeness (QED) is 0.191. The van der Waals surface area contributed by atoms with E-state index in [1.165, 1.54) is 35.7 Å². The van der Waals surface area contributed by atoms with Gasteiger partial charge in [0.1, 0.15) is 5.75 Å². The lowest BCUT2D eigenvalue weighted by atomic mass is 10.1. The van der Waals surface area contributed by atoms with Crippen LogP contribution < -0.4 is 4.74 Å². The molecule has 2 rings (SSSR count). The minimum atomic E-state index is -1.67. The summed E-state index contributed by atoms with van der Waals surface area (Å²) in [5.41, 5.74) is 2.68. The Hall–Kier alpha value is -1.84. The van der Waals surface area contributed by atoms with Crippen LogP contribution in [-0.4, -0.2) is 15.4 Å². The third-order valence-electron chi connectivity index (χ3n) is 6.01. The highest BCUT2D eigenvalue weighted by Gasteiger charge is 2.32. The van der Waals surface area contributed by atoms with Crippen LogP contribution in [0.15, 0.2) is 66.7 Å². The summed E-state index contributed by atoms with van der Waals surface area (Å²) < 4.78 is 12.2. The van der Waals surface area contributed by atoms with Gasteiger partial charge < -0.3 is 9.16 Å². The minimum Gasteiger partial charge on any atom is -0.497 e. The molecule has 2 aromatic rings. The number of rotatable bonds is 13. The van der Waals surface area contributed by atoms with E-state index in [2.05, 4.69) is 75.4 Å². The van der Waals surface area contributed by atoms with E-state index in [9.17, 15) is 0 Å². The number of ether oxygens (including phenoxy) is 1. The van der Waals surface area contributed by atoms with Crippen molar-refractivity contribution in [3.05, 3.63) is 77.9 Å². The third-order valence-corrected chi connectivity index (χ3v) is 10.7. The van der Waals surface area contributed by atoms with Gasteiger partial charge in [-0.15, -0.1) is 0 Å². The maximum Gasteiger partial charge on any atom is 0.192 e. The fourth-order valence-corrected chi connectivity index (χ4v) is 6.61. The van der Waals surface area contributed by atoms with E-state index >= 15 is 0 Å². The van der Waals surface area contributed by atoms with Gasteiger partial charge in [-0.3, -0.25) is 0 Å². The molecule has 1 atom stereocenters. The zero-order valence-corrected chi connectivity index (χ0v) is 19.7. The molecule has 0 saturated carbocycles. The Labute approximate surface area is 179 Å². The number of hydrogen-bond acceptors (Lipinski definition) is 2. The fraction of sp³-hybridized carbons (Fsp3) is 0.462. The summed E-state index contributed by atoms with van der Waals surface area (Å²) in [5, 5.41) is 0. The summed E-state index contributed by atoms with van der Waals surface area (Å²) in [4.78, 5) is 0. The van der Waals surface area contributed by atoms with Gasteiger partial charge in [-0.05, 0) is 67.1 Å². The van der Waals surface area contributed by atoms with Crippen LogP contribution in [0.1, 0.15) is 57.3 Å². The van der Waals surface area contributed by atoms with Crippen LogP contribution in [0.4, 0.5) is 0 Å². The predicted molar refractivity (Wildman–Crippen MR) is 127 cm³/mol. The van der Waals surface area contributed by atoms with Crippen LogP contribution >= 0.6 is 0 Å². The maximum absolute atomic E-state index is 6.87. The molecule has 158 valence electrons. The lowest BCUT2D eigenvalue weighted by molar-refractivity contribution is 0.193. The molecule has 0 aliphatic carbocycles. The molecule has 0 aliphatic heterocycles. The van der Waals surface area contributed by atoms with Crippen molar-refractivity contribution in [2.45, 2.75) is 70.7 Å². The topological polar surface area (TPSA) is 18.5 Å². The summed E-state index contributed by atoms with van der Waals surface area (Å²) >= 11 is 0. The molecule has 1 unspecified atom stereocenters. The van der Waals surface area contributed by atoms with Crippen molar-refractivity contribution in [3.8, 4) is 5.75 Å². The van der Waals surface area contributed by atoms with E-state index in [1.807, 2.05) is 12.1 Å². The van der Waals surface area contributed by atoms with Gasteiger partial charge in [-0.2, -0.15) is 0 Å². The van der Waals surface area contributed by atoms with Crippen molar-refractivity contribution >= 4 is 8.32 Å². The molecule has 2 nitrogen and oxygen atoms in total. The molecule has 0 aromatic heterocycles. The molecule has 0 N–H and O–H groups in total. The Morgan fingerprint density at radius 2 is 1.52 bits per heavy atom. The first-order valence-electron chi connectivity index (χ1n) is 11.2. The van der Waals surface area contributed by atoms with Crippen LogP contribution in [0.3, 0.4) is 0 Å². The minimum absolute atomic E-state index is 0.137. The van der Waals surface area contributed by atoms with Gasteiger partial charge in [0.15, 0.2) is 8.32 Å². The van der Waals surface area contributed by atoms with Gasteiger partial charge in [0.25, 0.3) is 0 Å². The van der Waals surface area contributed by atoms with E-state index in [0.29, 0.717) is 0 Å². The first-order valence-corrected chi connectivity index (χ1v) is 13.7. The molecule has 29 heavy (non-hydrogen) atoms. The number of allylic oxidation sites excluding steroid dienone is 1. The normalized spacial score (nSPS) is 13.0. The van der Waals surface area contributed by atoms with Crippen molar-refractivity contribution in [2.75, 3.05) is 7.11 Å². The second-order valence-electron chi connectivity index (χ2n) is 7.71. The number of aryl methyl sites for hydroxylation is 1. The van der Waals surface area contributed by atoms with Crippen LogP contribution in [0.5, 0.6) is 5.75 Å². The number of benzene rings is 2. The van der Waals surface area contributed by atoms with E-state index in [1.54, 1.807) is 7.11 Å². The summed E-state index contributed by atoms with van der Waals surface area (Å²) in [6.07, 6.45) is 9.16. The third kappa shape index (κ3) is 7.49. The van der Waals surface area contributed by atoms with Gasteiger partial charge in [-0.25, -0.2) is 0 Å². The summed E-state index contributed by atoms with van der Waals surface area (Å²) in [6, 6.07) is 22.7. The molecular formula is C26H38O2Si. The van der Waals surface area contributed by atoms with E-state index in [0.717, 1.165) is 25.0 Å². The fourth-order valence-electron chi connectivity index (χ4n) is 3.78. The highest BCUT2D eigenvalue weighted by molar-refractivity contribution is 6.73. The maximum atomic E-state index is 6.87. The number of methoxy groups -OCH3 is 1. The smallest absolute Gasteiger partial charge is 0.192 e. The molecule has 0 spiro atoms. The Morgan fingerprint density at radius 1 is 0.862 bits per heavy atom. The van der Waals surface area contributed by atoms with Crippen LogP contribution in [-0.2, 0) is 10.8 Å². The Bertz CT molecular complexity index is 697. The second kappa shape index (κ2) is 12.7. The summed E-state index contributed by atoms with van der Waals surface area (Å²) in [7, 11) is 0.0429. The van der Waals surface area contributed by atoms with Crippen LogP contribution in [0, 0.1) is 0 Å². The van der Waals surface area contributed by atoms with Gasteiger partial charge in [0.2, 0.25) is 0 Å². The zero-order chi connectivity index (χ0) is 21.0. The van der Waals surface area contributed by atoms with Crippen molar-refractivity contribution in [1.29, 1.82) is 0 Å². The van der Waals surface area contributed by atoms with E-state index in [-0.39, 0.29) is 6.10 Å². The molecule has 2 aromatic carbocycles. The Kier molecular flexibility index (Phi) is 10.2. The molecule has 0 saturated heterocycles. The zero-order valence-electron chi connectivity index (χ0n) is 18.7. The van der Waals surface area contributed by atoms with Crippen molar-refractivity contribution in [2.24, 2.45) is 0 Å². The molecule has 0 amide bonds. The molecule has 0 fully saturated rings. The lowest BCUT2D eigenvalue weighted by Gasteiger charge is -2.33. The SMILES string of the molecule is CC[Si](CC)(CC)OC(C/C=C/CCCc1ccccc1)c1ccc(OC)cc1. The molecule has 3 heteroatoms. The molecule has 0 radical (unpaired) electrons. The van der Waals surface area contributed by atoms with Gasteiger partial charge >= 0.3 is 0 Å². The molecular weight excluding hydrogens is 372 g/mol. The average molecular weight is 411 g/mol. The van der Waals surface area contributed by atoms with Crippen molar-refractivity contribution in [1.82, 2.24) is 0 Å². The Morgan fingerprint density at radius 3 is 2.10 bits per heavy atom. The molecule has 0 bridgehead atoms. The second-order valence-corrected chi connectivity index (χ2v) is 12.4. The van der Waals surface area contributed by atoms with Crippen LogP contribution in [0.2, 0.25) is 18.1 Å². The average Bonchev–Trinajstić information content (AvgIpc) is 2.79. The summed E-state index contributed by atoms with van der Waals surface area (Å²) in [5.74, 6) is 0.897. The number of unbranched alkanes of at least 4 members (excludes halogenated alkanes) is 1. The summed E-state index contributed by atoms with van der Waals surface area (Å²) in [6.45, 7) is 6.89. The van der Waals surface area contributed by atoms with E-state index < -0.39 is 8.32 Å². The predicted octanol–water partition coefficient (Wildman–Crippen LogP) is 7.73. The van der Waals surface area contributed by atoms with Gasteiger partial charge in [0.05, 0.1) is 13.2 Å². The molecule has 0 aliphatic rings. The first kappa shape index (κ1) is 23.4. The highest BCUT2D eigenvalue weighted by atomic mass is 28.4.